The molecule has 6 nitrogen and oxygen atoms in total. The molecule has 1 heterocycles. The van der Waals surface area contributed by atoms with Gasteiger partial charge in [-0.25, -0.2) is 4.79 Å². The Bertz CT molecular complexity index is 1750. The summed E-state index contributed by atoms with van der Waals surface area (Å²) in [5.74, 6) is -1.98. The van der Waals surface area contributed by atoms with Crippen molar-refractivity contribution in [1.29, 1.82) is 0 Å². The summed E-state index contributed by atoms with van der Waals surface area (Å²) in [4.78, 5) is 41.7. The van der Waals surface area contributed by atoms with Crippen LogP contribution in [0.4, 0.5) is 13.2 Å². The van der Waals surface area contributed by atoms with Crippen LogP contribution < -0.4 is 5.32 Å². The fraction of sp³-hybridized carbons (Fsp3) is 0.237. The molecule has 0 saturated heterocycles. The summed E-state index contributed by atoms with van der Waals surface area (Å²) in [6.45, 7) is 3.46. The fourth-order valence-electron chi connectivity index (χ4n) is 5.89. The molecular weight excluding hydrogens is 605 g/mol. The highest BCUT2D eigenvalue weighted by Crippen LogP contribution is 2.39. The van der Waals surface area contributed by atoms with Gasteiger partial charge >= 0.3 is 12.1 Å². The van der Waals surface area contributed by atoms with Crippen molar-refractivity contribution < 1.29 is 32.3 Å². The van der Waals surface area contributed by atoms with Crippen LogP contribution in [0.2, 0.25) is 0 Å². The van der Waals surface area contributed by atoms with Gasteiger partial charge in [0.05, 0.1) is 30.3 Å². The summed E-state index contributed by atoms with van der Waals surface area (Å²) in [5.41, 5.74) is 3.29. The van der Waals surface area contributed by atoms with E-state index in [2.05, 4.69) is 5.32 Å². The SMILES string of the molecule is CCOC(=O)C1=C(C)N(Cc2cccc(C(=O)N[C@H](Cc3ccccc3)c3ccccc3)c2)C(=O)C[C@H]1c1ccc(C(F)(F)F)cc1. The van der Waals surface area contributed by atoms with Crippen LogP contribution in [-0.2, 0) is 33.5 Å². The summed E-state index contributed by atoms with van der Waals surface area (Å²) < 4.78 is 44.9. The Hall–Kier alpha value is -5.18. The van der Waals surface area contributed by atoms with Crippen LogP contribution in [0.5, 0.6) is 0 Å². The molecule has 4 aromatic carbocycles. The van der Waals surface area contributed by atoms with E-state index >= 15 is 0 Å². The van der Waals surface area contributed by atoms with Crippen LogP contribution in [-0.4, -0.2) is 29.3 Å². The molecule has 1 aliphatic heterocycles. The summed E-state index contributed by atoms with van der Waals surface area (Å²) in [6.07, 6.45) is -4.04. The van der Waals surface area contributed by atoms with Gasteiger partial charge in [0.15, 0.2) is 0 Å². The molecule has 1 N–H and O–H groups in total. The highest BCUT2D eigenvalue weighted by Gasteiger charge is 2.38. The van der Waals surface area contributed by atoms with Crippen LogP contribution in [0.25, 0.3) is 0 Å². The van der Waals surface area contributed by atoms with Gasteiger partial charge in [0.2, 0.25) is 5.91 Å². The number of carbonyl (C=O) groups excluding carboxylic acids is 3. The van der Waals surface area contributed by atoms with Gasteiger partial charge in [0.25, 0.3) is 5.91 Å². The molecule has 0 fully saturated rings. The van der Waals surface area contributed by atoms with Crippen LogP contribution in [0, 0.1) is 0 Å². The minimum Gasteiger partial charge on any atom is -0.463 e. The van der Waals surface area contributed by atoms with Gasteiger partial charge in [-0.15, -0.1) is 0 Å². The number of amides is 2. The number of halogens is 3. The van der Waals surface area contributed by atoms with Crippen molar-refractivity contribution in [2.24, 2.45) is 0 Å². The van der Waals surface area contributed by atoms with E-state index in [1.54, 1.807) is 38.1 Å². The van der Waals surface area contributed by atoms with Crippen molar-refractivity contribution in [3.8, 4) is 0 Å². The van der Waals surface area contributed by atoms with Gasteiger partial charge in [-0.3, -0.25) is 9.59 Å². The summed E-state index contributed by atoms with van der Waals surface area (Å²) in [6, 6.07) is 30.8. The van der Waals surface area contributed by atoms with Crippen molar-refractivity contribution >= 4 is 17.8 Å². The molecule has 2 atom stereocenters. The van der Waals surface area contributed by atoms with E-state index in [0.29, 0.717) is 28.8 Å². The van der Waals surface area contributed by atoms with E-state index in [4.69, 9.17) is 4.74 Å². The third kappa shape index (κ3) is 7.98. The number of ether oxygens (including phenoxy) is 1. The number of allylic oxidation sites excluding steroid dienone is 1. The van der Waals surface area contributed by atoms with Gasteiger partial charge in [-0.1, -0.05) is 84.9 Å². The minimum absolute atomic E-state index is 0.0839. The van der Waals surface area contributed by atoms with Crippen molar-refractivity contribution in [2.75, 3.05) is 6.61 Å². The van der Waals surface area contributed by atoms with Crippen LogP contribution in [0.1, 0.15) is 70.4 Å². The third-order valence-electron chi connectivity index (χ3n) is 8.28. The zero-order valence-corrected chi connectivity index (χ0v) is 26.1. The summed E-state index contributed by atoms with van der Waals surface area (Å²) in [7, 11) is 0. The lowest BCUT2D eigenvalue weighted by molar-refractivity contribution is -0.140. The Morgan fingerprint density at radius 3 is 2.17 bits per heavy atom. The van der Waals surface area contributed by atoms with Gasteiger partial charge in [-0.2, -0.15) is 13.2 Å². The lowest BCUT2D eigenvalue weighted by Gasteiger charge is -2.34. The second-order valence-electron chi connectivity index (χ2n) is 11.4. The van der Waals surface area contributed by atoms with Gasteiger partial charge < -0.3 is 15.0 Å². The first kappa shape index (κ1) is 33.2. The molecule has 9 heteroatoms. The summed E-state index contributed by atoms with van der Waals surface area (Å²) in [5, 5.41) is 3.16. The standard InChI is InChI=1S/C38H35F3N2O4/c1-3-47-37(46)35-25(2)43(34(44)23-32(35)28-17-19-31(20-18-28)38(39,40)41)24-27-13-10-16-30(21-27)36(45)42-33(29-14-8-5-9-15-29)22-26-11-6-4-7-12-26/h4-21,32-33H,3,22-24H2,1-2H3,(H,42,45)/t32-,33+/m0/s1. The molecule has 0 radical (unpaired) electrons. The number of hydrogen-bond acceptors (Lipinski definition) is 4. The number of benzene rings is 4. The molecule has 0 aliphatic carbocycles. The second kappa shape index (κ2) is 14.5. The fourth-order valence-corrected chi connectivity index (χ4v) is 5.89. The number of carbonyl (C=O) groups is 3. The molecule has 47 heavy (non-hydrogen) atoms. The van der Waals surface area contributed by atoms with Crippen LogP contribution in [0.15, 0.2) is 120 Å². The Morgan fingerprint density at radius 2 is 1.53 bits per heavy atom. The van der Waals surface area contributed by atoms with Crippen molar-refractivity contribution in [1.82, 2.24) is 10.2 Å². The minimum atomic E-state index is -4.51. The monoisotopic (exact) mass is 640 g/mol. The van der Waals surface area contributed by atoms with E-state index in [-0.39, 0.29) is 43.0 Å². The number of alkyl halides is 3. The Morgan fingerprint density at radius 1 is 0.894 bits per heavy atom. The number of esters is 1. The molecule has 1 aliphatic rings. The number of nitrogens with one attached hydrogen (secondary N) is 1. The first-order valence-corrected chi connectivity index (χ1v) is 15.4. The predicted octanol–water partition coefficient (Wildman–Crippen LogP) is 7.77. The summed E-state index contributed by atoms with van der Waals surface area (Å²) >= 11 is 0. The quantitative estimate of drug-likeness (QED) is 0.180. The lowest BCUT2D eigenvalue weighted by atomic mass is 9.83. The highest BCUT2D eigenvalue weighted by molar-refractivity contribution is 5.96. The van der Waals surface area contributed by atoms with Crippen molar-refractivity contribution in [2.45, 2.75) is 51.4 Å². The van der Waals surface area contributed by atoms with Crippen molar-refractivity contribution in [3.05, 3.63) is 154 Å². The zero-order valence-electron chi connectivity index (χ0n) is 26.1. The van der Waals surface area contributed by atoms with Crippen molar-refractivity contribution in [3.63, 3.8) is 0 Å². The van der Waals surface area contributed by atoms with Gasteiger partial charge in [0, 0.05) is 23.6 Å². The topological polar surface area (TPSA) is 75.7 Å². The molecule has 5 rings (SSSR count). The number of nitrogens with zero attached hydrogens (tertiary/aromatic N) is 1. The molecule has 242 valence electrons. The van der Waals surface area contributed by atoms with Crippen LogP contribution >= 0.6 is 0 Å². The van der Waals surface area contributed by atoms with Gasteiger partial charge in [-0.05, 0) is 66.8 Å². The predicted molar refractivity (Wildman–Crippen MR) is 172 cm³/mol. The largest absolute Gasteiger partial charge is 0.463 e. The molecule has 0 saturated carbocycles. The van der Waals surface area contributed by atoms with E-state index in [9.17, 15) is 27.6 Å². The highest BCUT2D eigenvalue weighted by atomic mass is 19.4. The Balaban J connectivity index is 1.39. The molecule has 2 amide bonds. The smallest absolute Gasteiger partial charge is 0.416 e. The normalized spacial score (nSPS) is 15.7. The average molecular weight is 641 g/mol. The molecule has 4 aromatic rings. The Kier molecular flexibility index (Phi) is 10.2. The zero-order chi connectivity index (χ0) is 33.6. The molecule has 0 unspecified atom stereocenters. The number of rotatable bonds is 10. The first-order chi connectivity index (χ1) is 22.5. The average Bonchev–Trinajstić information content (AvgIpc) is 3.07. The van der Waals surface area contributed by atoms with E-state index < -0.39 is 23.6 Å². The molecule has 0 spiro atoms. The molecule has 0 bridgehead atoms. The van der Waals surface area contributed by atoms with Gasteiger partial charge in [0.1, 0.15) is 0 Å². The maximum Gasteiger partial charge on any atom is 0.416 e. The maximum atomic E-state index is 13.6. The molecular formula is C38H35F3N2O4. The van der Waals surface area contributed by atoms with E-state index in [1.807, 2.05) is 60.7 Å². The third-order valence-corrected chi connectivity index (χ3v) is 8.28. The first-order valence-electron chi connectivity index (χ1n) is 15.4. The molecule has 0 aromatic heterocycles. The lowest BCUT2D eigenvalue weighted by Crippen LogP contribution is -2.38. The maximum absolute atomic E-state index is 13.6. The van der Waals surface area contributed by atoms with E-state index in [0.717, 1.165) is 23.3 Å². The van der Waals surface area contributed by atoms with E-state index in [1.165, 1.54) is 17.0 Å². The number of hydrogen-bond donors (Lipinski definition) is 1. The Labute approximate surface area is 271 Å². The van der Waals surface area contributed by atoms with Crippen LogP contribution in [0.3, 0.4) is 0 Å². The second-order valence-corrected chi connectivity index (χ2v) is 11.4.